The Morgan fingerprint density at radius 1 is 0.575 bits per heavy atom. The number of hydrogen-bond donors (Lipinski definition) is 2. The summed E-state index contributed by atoms with van der Waals surface area (Å²) in [6.07, 6.45) is 3.10. The number of carbonyl (C=O) groups excluding carboxylic acids is 2. The summed E-state index contributed by atoms with van der Waals surface area (Å²) in [5.74, 6) is 2.77. The summed E-state index contributed by atoms with van der Waals surface area (Å²) in [6.45, 7) is 4.75. The molecule has 0 aliphatic heterocycles. The first-order chi connectivity index (χ1) is 19.3. The number of unbranched alkanes of at least 4 members (excludes halogenated alkanes) is 3. The van der Waals surface area contributed by atoms with Crippen molar-refractivity contribution in [2.75, 3.05) is 41.5 Å². The van der Waals surface area contributed by atoms with Crippen molar-refractivity contribution >= 4 is 12.2 Å². The average Bonchev–Trinajstić information content (AvgIpc) is 2.93. The van der Waals surface area contributed by atoms with Gasteiger partial charge in [0.2, 0.25) is 0 Å². The van der Waals surface area contributed by atoms with Crippen molar-refractivity contribution in [1.82, 2.24) is 10.6 Å². The van der Waals surface area contributed by atoms with E-state index in [0.717, 1.165) is 36.8 Å². The summed E-state index contributed by atoms with van der Waals surface area (Å²) in [4.78, 5) is 24.2. The maximum Gasteiger partial charge on any atom is 0.407 e. The quantitative estimate of drug-likeness (QED) is 0.251. The predicted octanol–water partition coefficient (Wildman–Crippen LogP) is 5.30. The van der Waals surface area contributed by atoms with Crippen molar-refractivity contribution in [3.05, 3.63) is 47.5 Å². The number of alkyl carbamates (subject to hydrolysis) is 2. The summed E-state index contributed by atoms with van der Waals surface area (Å²) >= 11 is 0. The van der Waals surface area contributed by atoms with Gasteiger partial charge in [0.05, 0.1) is 28.4 Å². The van der Waals surface area contributed by atoms with Crippen LogP contribution in [0.2, 0.25) is 0 Å². The average molecular weight is 561 g/mol. The first kappa shape index (κ1) is 32.4. The summed E-state index contributed by atoms with van der Waals surface area (Å²) in [7, 11) is 6.39. The van der Waals surface area contributed by atoms with Crippen molar-refractivity contribution in [1.29, 1.82) is 0 Å². The van der Waals surface area contributed by atoms with Crippen LogP contribution in [0.25, 0.3) is 0 Å². The van der Waals surface area contributed by atoms with Crippen LogP contribution in [0.15, 0.2) is 36.4 Å². The Labute approximate surface area is 237 Å². The third kappa shape index (κ3) is 12.4. The second kappa shape index (κ2) is 17.7. The van der Waals surface area contributed by atoms with Gasteiger partial charge in [0, 0.05) is 38.1 Å². The predicted molar refractivity (Wildman–Crippen MR) is 153 cm³/mol. The van der Waals surface area contributed by atoms with E-state index in [-0.39, 0.29) is 12.2 Å². The molecule has 0 aromatic heterocycles. The van der Waals surface area contributed by atoms with E-state index >= 15 is 0 Å². The van der Waals surface area contributed by atoms with Gasteiger partial charge in [0.25, 0.3) is 0 Å². The van der Waals surface area contributed by atoms with Crippen molar-refractivity contribution in [2.45, 2.75) is 64.6 Å². The molecule has 0 heterocycles. The highest BCUT2D eigenvalue weighted by molar-refractivity contribution is 5.67. The topological polar surface area (TPSA) is 114 Å². The molecule has 2 unspecified atom stereocenters. The normalized spacial score (nSPS) is 12.1. The van der Waals surface area contributed by atoms with Gasteiger partial charge in [-0.2, -0.15) is 0 Å². The van der Waals surface area contributed by atoms with Crippen molar-refractivity contribution < 1.29 is 38.0 Å². The van der Waals surface area contributed by atoms with Gasteiger partial charge >= 0.3 is 12.2 Å². The Hall–Kier alpha value is -3.82. The lowest BCUT2D eigenvalue weighted by Gasteiger charge is -2.15. The van der Waals surface area contributed by atoms with E-state index in [1.165, 1.54) is 0 Å². The summed E-state index contributed by atoms with van der Waals surface area (Å²) in [5, 5.41) is 5.59. The molecule has 222 valence electrons. The fraction of sp³-hybridized carbons (Fsp3) is 0.533. The molecule has 0 saturated heterocycles. The second-order valence-electron chi connectivity index (χ2n) is 9.55. The van der Waals surface area contributed by atoms with Crippen molar-refractivity contribution in [2.24, 2.45) is 0 Å². The number of amides is 2. The Bertz CT molecular complexity index is 934. The number of nitrogens with one attached hydrogen (secondary N) is 2. The molecule has 10 heteroatoms. The number of carbonyl (C=O) groups is 2. The molecule has 2 amide bonds. The first-order valence-corrected chi connectivity index (χ1v) is 13.6. The highest BCUT2D eigenvalue weighted by atomic mass is 16.6. The molecular weight excluding hydrogens is 516 g/mol. The van der Waals surface area contributed by atoms with Gasteiger partial charge in [-0.15, -0.1) is 0 Å². The lowest BCUT2D eigenvalue weighted by Crippen LogP contribution is -2.30. The Morgan fingerprint density at radius 3 is 1.20 bits per heavy atom. The molecule has 2 aromatic rings. The molecular formula is C30H44N2O8. The fourth-order valence-electron chi connectivity index (χ4n) is 4.15. The van der Waals surface area contributed by atoms with Crippen molar-refractivity contribution in [3.63, 3.8) is 0 Å². The van der Waals surface area contributed by atoms with Crippen LogP contribution in [0.3, 0.4) is 0 Å². The Balaban J connectivity index is 1.54. The zero-order valence-electron chi connectivity index (χ0n) is 24.5. The highest BCUT2D eigenvalue weighted by Gasteiger charge is 2.13. The second-order valence-corrected chi connectivity index (χ2v) is 9.55. The van der Waals surface area contributed by atoms with E-state index in [1.807, 2.05) is 38.1 Å². The lowest BCUT2D eigenvalue weighted by molar-refractivity contribution is 0.105. The maximum atomic E-state index is 12.1. The molecule has 0 saturated carbocycles. The van der Waals surface area contributed by atoms with Gasteiger partial charge in [-0.05, 0) is 62.1 Å². The molecule has 0 bridgehead atoms. The minimum Gasteiger partial charge on any atom is -0.497 e. The van der Waals surface area contributed by atoms with Crippen molar-refractivity contribution in [3.8, 4) is 23.0 Å². The molecule has 10 nitrogen and oxygen atoms in total. The molecule has 2 rings (SSSR count). The van der Waals surface area contributed by atoms with Crippen LogP contribution in [-0.2, 0) is 22.3 Å². The summed E-state index contributed by atoms with van der Waals surface area (Å²) in [5.41, 5.74) is 1.92. The van der Waals surface area contributed by atoms with Gasteiger partial charge in [-0.3, -0.25) is 0 Å². The standard InChI is InChI=1S/C30H44N2O8/c1-21(13-23-15-25(35-3)19-26(16-23)36-4)39-29(33)31-11-9-7-8-10-12-32-30(34)40-22(2)14-24-17-27(37-5)20-28(18-24)38-6/h15-22H,7-14H2,1-6H3,(H,31,33)(H,32,34). The zero-order valence-corrected chi connectivity index (χ0v) is 24.5. The summed E-state index contributed by atoms with van der Waals surface area (Å²) < 4.78 is 32.1. The molecule has 2 atom stereocenters. The number of hydrogen-bond acceptors (Lipinski definition) is 8. The zero-order chi connectivity index (χ0) is 29.3. The summed E-state index contributed by atoms with van der Waals surface area (Å²) in [6, 6.07) is 11.2. The SMILES string of the molecule is COc1cc(CC(C)OC(=O)NCCCCCCNC(=O)OC(C)Cc2cc(OC)cc(OC)c2)cc(OC)c1. The van der Waals surface area contributed by atoms with E-state index in [4.69, 9.17) is 28.4 Å². The minimum absolute atomic E-state index is 0.302. The van der Waals surface area contributed by atoms with E-state index in [1.54, 1.807) is 40.6 Å². The molecule has 0 aliphatic carbocycles. The van der Waals surface area contributed by atoms with Gasteiger partial charge in [0.1, 0.15) is 35.2 Å². The number of ether oxygens (including phenoxy) is 6. The smallest absolute Gasteiger partial charge is 0.407 e. The molecule has 40 heavy (non-hydrogen) atoms. The number of benzene rings is 2. The van der Waals surface area contributed by atoms with E-state index in [0.29, 0.717) is 48.9 Å². The molecule has 2 N–H and O–H groups in total. The maximum absolute atomic E-state index is 12.1. The van der Waals surface area contributed by atoms with Gasteiger partial charge < -0.3 is 39.1 Å². The third-order valence-corrected chi connectivity index (χ3v) is 6.13. The van der Waals surface area contributed by atoms with Crippen LogP contribution < -0.4 is 29.6 Å². The third-order valence-electron chi connectivity index (χ3n) is 6.13. The number of rotatable bonds is 17. The van der Waals surface area contributed by atoms with Crippen LogP contribution in [0, 0.1) is 0 Å². The fourth-order valence-corrected chi connectivity index (χ4v) is 4.15. The highest BCUT2D eigenvalue weighted by Crippen LogP contribution is 2.24. The molecule has 0 fully saturated rings. The number of methoxy groups -OCH3 is 4. The molecule has 0 spiro atoms. The van der Waals surface area contributed by atoms with E-state index in [9.17, 15) is 9.59 Å². The van der Waals surface area contributed by atoms with E-state index in [2.05, 4.69) is 10.6 Å². The largest absolute Gasteiger partial charge is 0.497 e. The van der Waals surface area contributed by atoms with Crippen LogP contribution in [0.1, 0.15) is 50.7 Å². The Kier molecular flexibility index (Phi) is 14.3. The van der Waals surface area contributed by atoms with Gasteiger partial charge in [-0.1, -0.05) is 12.8 Å². The lowest BCUT2D eigenvalue weighted by atomic mass is 10.1. The van der Waals surface area contributed by atoms with Crippen LogP contribution >= 0.6 is 0 Å². The van der Waals surface area contributed by atoms with Gasteiger partial charge in [-0.25, -0.2) is 9.59 Å². The van der Waals surface area contributed by atoms with Crippen LogP contribution in [0.4, 0.5) is 9.59 Å². The van der Waals surface area contributed by atoms with E-state index < -0.39 is 12.2 Å². The first-order valence-electron chi connectivity index (χ1n) is 13.6. The van der Waals surface area contributed by atoms with Crippen LogP contribution in [-0.4, -0.2) is 65.9 Å². The van der Waals surface area contributed by atoms with Gasteiger partial charge in [0.15, 0.2) is 0 Å². The molecule has 0 radical (unpaired) electrons. The molecule has 2 aromatic carbocycles. The molecule has 0 aliphatic rings. The monoisotopic (exact) mass is 560 g/mol. The minimum atomic E-state index is -0.437. The Morgan fingerprint density at radius 2 is 0.900 bits per heavy atom. The van der Waals surface area contributed by atoms with Crippen LogP contribution in [0.5, 0.6) is 23.0 Å².